The zero-order valence-electron chi connectivity index (χ0n) is 22.5. The molecule has 7 nitrogen and oxygen atoms in total. The van der Waals surface area contributed by atoms with E-state index in [-0.39, 0.29) is 30.7 Å². The van der Waals surface area contributed by atoms with Gasteiger partial charge in [-0.1, -0.05) is 61.7 Å². The van der Waals surface area contributed by atoms with Crippen molar-refractivity contribution in [2.45, 2.75) is 56.9 Å². The Bertz CT molecular complexity index is 1530. The number of hydrogen-bond donors (Lipinski definition) is 3. The summed E-state index contributed by atoms with van der Waals surface area (Å²) in [4.78, 5) is 31.7. The van der Waals surface area contributed by atoms with Crippen molar-refractivity contribution in [3.63, 3.8) is 0 Å². The van der Waals surface area contributed by atoms with E-state index in [2.05, 4.69) is 16.0 Å². The number of halogens is 3. The summed E-state index contributed by atoms with van der Waals surface area (Å²) >= 11 is 0. The highest BCUT2D eigenvalue weighted by Crippen LogP contribution is 2.30. The number of anilines is 1. The molecule has 41 heavy (non-hydrogen) atoms. The Morgan fingerprint density at radius 2 is 1.61 bits per heavy atom. The Labute approximate surface area is 235 Å². The van der Waals surface area contributed by atoms with Crippen molar-refractivity contribution in [1.82, 2.24) is 20.2 Å². The van der Waals surface area contributed by atoms with Gasteiger partial charge in [0.05, 0.1) is 23.0 Å². The first kappa shape index (κ1) is 28.2. The molecule has 5 rings (SSSR count). The maximum Gasteiger partial charge on any atom is 0.416 e. The number of aromatic nitrogens is 2. The van der Waals surface area contributed by atoms with Crippen molar-refractivity contribution < 1.29 is 18.0 Å². The van der Waals surface area contributed by atoms with E-state index in [0.717, 1.165) is 49.8 Å². The van der Waals surface area contributed by atoms with Crippen LogP contribution in [0.15, 0.2) is 83.7 Å². The van der Waals surface area contributed by atoms with Gasteiger partial charge in [-0.05, 0) is 54.8 Å². The third-order valence-corrected chi connectivity index (χ3v) is 7.35. The Morgan fingerprint density at radius 3 is 2.32 bits per heavy atom. The monoisotopic (exact) mass is 563 g/mol. The SMILES string of the molecule is O=C(NC1CCCCC1)NC(CNc1ccc(C(F)(F)F)cc1)c1nc2ccccc2c(=O)n1Cc1ccccc1. The zero-order valence-corrected chi connectivity index (χ0v) is 22.5. The topological polar surface area (TPSA) is 88.1 Å². The molecular formula is C31H32F3N5O2. The first-order valence-electron chi connectivity index (χ1n) is 13.8. The van der Waals surface area contributed by atoms with Crippen LogP contribution < -0.4 is 21.5 Å². The van der Waals surface area contributed by atoms with Crippen LogP contribution in [0.3, 0.4) is 0 Å². The summed E-state index contributed by atoms with van der Waals surface area (Å²) < 4.78 is 40.7. The predicted octanol–water partition coefficient (Wildman–Crippen LogP) is 6.25. The predicted molar refractivity (Wildman–Crippen MR) is 153 cm³/mol. The highest BCUT2D eigenvalue weighted by molar-refractivity contribution is 5.78. The Kier molecular flexibility index (Phi) is 8.56. The van der Waals surface area contributed by atoms with Gasteiger partial charge in [-0.15, -0.1) is 0 Å². The molecule has 0 aliphatic heterocycles. The number of amides is 2. The van der Waals surface area contributed by atoms with Crippen LogP contribution in [0.2, 0.25) is 0 Å². The minimum absolute atomic E-state index is 0.0587. The summed E-state index contributed by atoms with van der Waals surface area (Å²) in [5.74, 6) is 0.343. The van der Waals surface area contributed by atoms with Crippen molar-refractivity contribution in [2.75, 3.05) is 11.9 Å². The minimum atomic E-state index is -4.44. The van der Waals surface area contributed by atoms with Gasteiger partial charge in [0.25, 0.3) is 5.56 Å². The maximum atomic E-state index is 13.7. The van der Waals surface area contributed by atoms with Gasteiger partial charge in [-0.25, -0.2) is 9.78 Å². The molecule has 1 heterocycles. The van der Waals surface area contributed by atoms with Gasteiger partial charge in [0.15, 0.2) is 0 Å². The molecule has 214 valence electrons. The van der Waals surface area contributed by atoms with E-state index in [0.29, 0.717) is 22.4 Å². The third-order valence-electron chi connectivity index (χ3n) is 7.35. The van der Waals surface area contributed by atoms with E-state index < -0.39 is 17.8 Å². The van der Waals surface area contributed by atoms with Crippen LogP contribution in [0, 0.1) is 0 Å². The molecule has 0 bridgehead atoms. The molecule has 3 N–H and O–H groups in total. The summed E-state index contributed by atoms with van der Waals surface area (Å²) in [6.45, 7) is 0.318. The fourth-order valence-corrected chi connectivity index (χ4v) is 5.21. The zero-order chi connectivity index (χ0) is 28.8. The van der Waals surface area contributed by atoms with Crippen molar-refractivity contribution >= 4 is 22.6 Å². The molecule has 1 atom stereocenters. The van der Waals surface area contributed by atoms with Gasteiger partial charge in [-0.2, -0.15) is 13.2 Å². The van der Waals surface area contributed by atoms with Gasteiger partial charge in [0, 0.05) is 18.3 Å². The molecule has 2 amide bonds. The lowest BCUT2D eigenvalue weighted by Gasteiger charge is -2.27. The molecule has 0 radical (unpaired) electrons. The molecule has 0 saturated heterocycles. The lowest BCUT2D eigenvalue weighted by Crippen LogP contribution is -2.47. The number of para-hydroxylation sites is 1. The van der Waals surface area contributed by atoms with E-state index in [4.69, 9.17) is 4.98 Å². The van der Waals surface area contributed by atoms with Crippen molar-refractivity contribution in [2.24, 2.45) is 0 Å². The van der Waals surface area contributed by atoms with Gasteiger partial charge in [0.2, 0.25) is 0 Å². The summed E-state index contributed by atoms with van der Waals surface area (Å²) in [7, 11) is 0. The summed E-state index contributed by atoms with van der Waals surface area (Å²) in [5, 5.41) is 9.61. The highest BCUT2D eigenvalue weighted by Gasteiger charge is 2.30. The second-order valence-corrected chi connectivity index (χ2v) is 10.3. The van der Waals surface area contributed by atoms with Crippen LogP contribution in [0.25, 0.3) is 10.9 Å². The van der Waals surface area contributed by atoms with Crippen LogP contribution in [-0.2, 0) is 12.7 Å². The summed E-state index contributed by atoms with van der Waals surface area (Å²) in [6, 6.07) is 20.1. The van der Waals surface area contributed by atoms with E-state index in [1.165, 1.54) is 12.1 Å². The van der Waals surface area contributed by atoms with Crippen LogP contribution in [-0.4, -0.2) is 28.2 Å². The quantitative estimate of drug-likeness (QED) is 0.237. The number of benzene rings is 3. The lowest BCUT2D eigenvalue weighted by atomic mass is 9.96. The number of fused-ring (bicyclic) bond motifs is 1. The van der Waals surface area contributed by atoms with Crippen LogP contribution in [0.4, 0.5) is 23.7 Å². The highest BCUT2D eigenvalue weighted by atomic mass is 19.4. The van der Waals surface area contributed by atoms with Crippen molar-refractivity contribution in [1.29, 1.82) is 0 Å². The average Bonchev–Trinajstić information content (AvgIpc) is 2.97. The molecule has 1 saturated carbocycles. The molecule has 10 heteroatoms. The van der Waals surface area contributed by atoms with Crippen LogP contribution >= 0.6 is 0 Å². The molecular weight excluding hydrogens is 531 g/mol. The molecule has 1 aliphatic rings. The standard InChI is InChI=1S/C31H32F3N5O2/c32-31(33,34)22-15-17-23(18-16-22)35-19-27(38-30(41)36-24-11-5-2-6-12-24)28-37-26-14-8-7-13-25(26)29(40)39(28)20-21-9-3-1-4-10-21/h1,3-4,7-10,13-18,24,27,35H,2,5-6,11-12,19-20H2,(H2,36,38,41). The normalized spacial score (nSPS) is 14.9. The largest absolute Gasteiger partial charge is 0.416 e. The van der Waals surface area contributed by atoms with Crippen LogP contribution in [0.1, 0.15) is 55.1 Å². The Morgan fingerprint density at radius 1 is 0.927 bits per heavy atom. The molecule has 4 aromatic rings. The van der Waals surface area contributed by atoms with Gasteiger partial charge >= 0.3 is 12.2 Å². The molecule has 1 aliphatic carbocycles. The molecule has 1 fully saturated rings. The maximum absolute atomic E-state index is 13.7. The molecule has 1 aromatic heterocycles. The van der Waals surface area contributed by atoms with Crippen LogP contribution in [0.5, 0.6) is 0 Å². The minimum Gasteiger partial charge on any atom is -0.383 e. The second-order valence-electron chi connectivity index (χ2n) is 10.3. The smallest absolute Gasteiger partial charge is 0.383 e. The molecule has 0 spiro atoms. The van der Waals surface area contributed by atoms with E-state index in [9.17, 15) is 22.8 Å². The Balaban J connectivity index is 1.49. The van der Waals surface area contributed by atoms with Crippen molar-refractivity contribution in [3.8, 4) is 0 Å². The first-order valence-corrected chi connectivity index (χ1v) is 13.8. The number of carbonyl (C=O) groups is 1. The number of alkyl halides is 3. The first-order chi connectivity index (χ1) is 19.8. The molecule has 3 aromatic carbocycles. The fourth-order valence-electron chi connectivity index (χ4n) is 5.21. The Hall–Kier alpha value is -4.34. The number of nitrogens with zero attached hydrogens (tertiary/aromatic N) is 2. The van der Waals surface area contributed by atoms with Gasteiger partial charge in [-0.3, -0.25) is 9.36 Å². The number of rotatable bonds is 8. The lowest BCUT2D eigenvalue weighted by molar-refractivity contribution is -0.137. The third kappa shape index (κ3) is 7.06. The number of urea groups is 1. The van der Waals surface area contributed by atoms with Gasteiger partial charge < -0.3 is 16.0 Å². The van der Waals surface area contributed by atoms with E-state index >= 15 is 0 Å². The van der Waals surface area contributed by atoms with E-state index in [1.807, 2.05) is 30.3 Å². The van der Waals surface area contributed by atoms with E-state index in [1.54, 1.807) is 28.8 Å². The molecule has 1 unspecified atom stereocenters. The summed E-state index contributed by atoms with van der Waals surface area (Å²) in [6.07, 6.45) is 0.595. The van der Waals surface area contributed by atoms with Gasteiger partial charge in [0.1, 0.15) is 11.9 Å². The number of carbonyl (C=O) groups excluding carboxylic acids is 1. The second kappa shape index (κ2) is 12.4. The number of hydrogen-bond acceptors (Lipinski definition) is 4. The number of nitrogens with one attached hydrogen (secondary N) is 3. The fraction of sp³-hybridized carbons (Fsp3) is 0.323. The van der Waals surface area contributed by atoms with Crippen molar-refractivity contribution in [3.05, 3.63) is 106 Å². The summed E-state index contributed by atoms with van der Waals surface area (Å²) in [5.41, 5.74) is 0.816. The average molecular weight is 564 g/mol.